The Bertz CT molecular complexity index is 475. The summed E-state index contributed by atoms with van der Waals surface area (Å²) in [5.41, 5.74) is 8.94. The molecule has 19 heavy (non-hydrogen) atoms. The molecule has 3 nitrogen and oxygen atoms in total. The van der Waals surface area contributed by atoms with E-state index in [1.54, 1.807) is 0 Å². The maximum Gasteiger partial charge on any atom is 0.254 e. The lowest BCUT2D eigenvalue weighted by atomic mass is 9.90. The molecular formula is C15H23ClN2O. The number of benzene rings is 1. The maximum atomic E-state index is 12.5. The minimum atomic E-state index is 0. The third kappa shape index (κ3) is 3.28. The Morgan fingerprint density at radius 3 is 2.63 bits per heavy atom. The van der Waals surface area contributed by atoms with Crippen LogP contribution < -0.4 is 5.73 Å². The summed E-state index contributed by atoms with van der Waals surface area (Å²) in [7, 11) is 0. The molecule has 0 aromatic heterocycles. The Balaban J connectivity index is 0.00000180. The molecule has 106 valence electrons. The van der Waals surface area contributed by atoms with E-state index in [1.807, 2.05) is 30.9 Å². The first-order valence-corrected chi connectivity index (χ1v) is 6.52. The van der Waals surface area contributed by atoms with E-state index in [0.29, 0.717) is 6.54 Å². The van der Waals surface area contributed by atoms with Crippen molar-refractivity contribution in [3.05, 3.63) is 34.9 Å². The van der Waals surface area contributed by atoms with E-state index < -0.39 is 0 Å². The summed E-state index contributed by atoms with van der Waals surface area (Å²) in [5, 5.41) is 0. The topological polar surface area (TPSA) is 46.3 Å². The van der Waals surface area contributed by atoms with Gasteiger partial charge in [0.1, 0.15) is 0 Å². The maximum absolute atomic E-state index is 12.5. The zero-order valence-electron chi connectivity index (χ0n) is 11.9. The van der Waals surface area contributed by atoms with Crippen molar-refractivity contribution in [2.75, 3.05) is 19.6 Å². The van der Waals surface area contributed by atoms with Crippen LogP contribution >= 0.6 is 12.4 Å². The molecule has 0 aliphatic carbocycles. The number of nitrogens with two attached hydrogens (primary N) is 1. The van der Waals surface area contributed by atoms with Gasteiger partial charge in [-0.2, -0.15) is 0 Å². The summed E-state index contributed by atoms with van der Waals surface area (Å²) in [6.45, 7) is 8.43. The Kier molecular flexibility index (Phi) is 4.99. The van der Waals surface area contributed by atoms with Gasteiger partial charge in [0, 0.05) is 18.7 Å². The number of carbonyl (C=O) groups excluding carboxylic acids is 1. The van der Waals surface area contributed by atoms with Gasteiger partial charge in [0.05, 0.1) is 0 Å². The van der Waals surface area contributed by atoms with Gasteiger partial charge in [-0.25, -0.2) is 0 Å². The summed E-state index contributed by atoms with van der Waals surface area (Å²) in [6.07, 6.45) is 1.00. The molecule has 1 aromatic carbocycles. The summed E-state index contributed by atoms with van der Waals surface area (Å²) >= 11 is 0. The van der Waals surface area contributed by atoms with Crippen LogP contribution in [-0.2, 0) is 0 Å². The molecule has 2 N–H and O–H groups in total. The lowest BCUT2D eigenvalue weighted by Gasteiger charge is -2.23. The Labute approximate surface area is 121 Å². The van der Waals surface area contributed by atoms with Crippen LogP contribution in [0.25, 0.3) is 0 Å². The highest BCUT2D eigenvalue weighted by atomic mass is 35.5. The Morgan fingerprint density at radius 2 is 2.11 bits per heavy atom. The minimum Gasteiger partial charge on any atom is -0.338 e. The largest absolute Gasteiger partial charge is 0.338 e. The number of hydrogen-bond acceptors (Lipinski definition) is 2. The molecule has 4 heteroatoms. The van der Waals surface area contributed by atoms with Crippen molar-refractivity contribution in [3.63, 3.8) is 0 Å². The summed E-state index contributed by atoms with van der Waals surface area (Å²) in [6, 6.07) is 6.00. The molecule has 0 radical (unpaired) electrons. The summed E-state index contributed by atoms with van der Waals surface area (Å²) < 4.78 is 0. The van der Waals surface area contributed by atoms with E-state index in [2.05, 4.69) is 13.0 Å². The van der Waals surface area contributed by atoms with Crippen molar-refractivity contribution in [2.24, 2.45) is 11.1 Å². The molecule has 1 fully saturated rings. The molecule has 1 aromatic rings. The van der Waals surface area contributed by atoms with Gasteiger partial charge in [0.15, 0.2) is 0 Å². The molecular weight excluding hydrogens is 260 g/mol. The van der Waals surface area contributed by atoms with Crippen molar-refractivity contribution in [2.45, 2.75) is 27.2 Å². The van der Waals surface area contributed by atoms with Gasteiger partial charge in [-0.15, -0.1) is 12.4 Å². The van der Waals surface area contributed by atoms with Crippen molar-refractivity contribution in [1.82, 2.24) is 4.90 Å². The highest BCUT2D eigenvalue weighted by Gasteiger charge is 2.35. The highest BCUT2D eigenvalue weighted by Crippen LogP contribution is 2.29. The fraction of sp³-hybridized carbons (Fsp3) is 0.533. The fourth-order valence-electron chi connectivity index (χ4n) is 2.59. The van der Waals surface area contributed by atoms with Gasteiger partial charge in [0.2, 0.25) is 0 Å². The summed E-state index contributed by atoms with van der Waals surface area (Å²) in [4.78, 5) is 14.4. The quantitative estimate of drug-likeness (QED) is 0.906. The Morgan fingerprint density at radius 1 is 1.42 bits per heavy atom. The monoisotopic (exact) mass is 282 g/mol. The normalized spacial score (nSPS) is 22.2. The summed E-state index contributed by atoms with van der Waals surface area (Å²) in [5.74, 6) is 0.143. The predicted octanol–water partition coefficient (Wildman–Crippen LogP) is 2.54. The van der Waals surface area contributed by atoms with Crippen LogP contribution in [0.2, 0.25) is 0 Å². The first-order chi connectivity index (χ1) is 8.45. The molecule has 1 amide bonds. The molecule has 2 rings (SSSR count). The van der Waals surface area contributed by atoms with Crippen molar-refractivity contribution >= 4 is 18.3 Å². The van der Waals surface area contributed by atoms with Gasteiger partial charge in [-0.3, -0.25) is 4.79 Å². The number of likely N-dealkylation sites (tertiary alicyclic amines) is 1. The van der Waals surface area contributed by atoms with Gasteiger partial charge >= 0.3 is 0 Å². The van der Waals surface area contributed by atoms with E-state index in [-0.39, 0.29) is 23.7 Å². The average Bonchev–Trinajstić information content (AvgIpc) is 2.72. The number of rotatable bonds is 2. The van der Waals surface area contributed by atoms with Gasteiger partial charge in [-0.05, 0) is 43.9 Å². The number of hydrogen-bond donors (Lipinski definition) is 1. The number of aryl methyl sites for hydroxylation is 2. The molecule has 0 saturated carbocycles. The number of halogens is 1. The Hall–Kier alpha value is -1.06. The predicted molar refractivity (Wildman–Crippen MR) is 80.8 cm³/mol. The minimum absolute atomic E-state index is 0. The van der Waals surface area contributed by atoms with E-state index in [1.165, 1.54) is 5.56 Å². The standard InChI is InChI=1S/C15H22N2O.ClH/c1-11-4-5-13(12(2)8-11)14(18)17-7-6-15(3,9-16)10-17;/h4-5,8H,6-7,9-10,16H2,1-3H3;1H. The van der Waals surface area contributed by atoms with Crippen LogP contribution in [0.5, 0.6) is 0 Å². The van der Waals surface area contributed by atoms with Crippen LogP contribution in [0.15, 0.2) is 18.2 Å². The van der Waals surface area contributed by atoms with Crippen molar-refractivity contribution < 1.29 is 4.79 Å². The van der Waals surface area contributed by atoms with E-state index in [9.17, 15) is 4.79 Å². The second-order valence-electron chi connectivity index (χ2n) is 5.81. The third-order valence-corrected chi connectivity index (χ3v) is 3.95. The molecule has 0 spiro atoms. The molecule has 1 heterocycles. The first kappa shape index (κ1) is 16.0. The number of carbonyl (C=O) groups is 1. The number of nitrogens with zero attached hydrogens (tertiary/aromatic N) is 1. The van der Waals surface area contributed by atoms with Crippen LogP contribution in [-0.4, -0.2) is 30.4 Å². The third-order valence-electron chi connectivity index (χ3n) is 3.95. The van der Waals surface area contributed by atoms with E-state index in [0.717, 1.165) is 30.6 Å². The second-order valence-corrected chi connectivity index (χ2v) is 5.81. The van der Waals surface area contributed by atoms with Crippen LogP contribution in [0.3, 0.4) is 0 Å². The van der Waals surface area contributed by atoms with Crippen LogP contribution in [0.4, 0.5) is 0 Å². The SMILES string of the molecule is Cc1ccc(C(=O)N2CCC(C)(CN)C2)c(C)c1.Cl. The highest BCUT2D eigenvalue weighted by molar-refractivity contribution is 5.95. The smallest absolute Gasteiger partial charge is 0.254 e. The zero-order valence-corrected chi connectivity index (χ0v) is 12.7. The van der Waals surface area contributed by atoms with Crippen LogP contribution in [0, 0.1) is 19.3 Å². The van der Waals surface area contributed by atoms with Crippen molar-refractivity contribution in [3.8, 4) is 0 Å². The molecule has 1 aliphatic rings. The average molecular weight is 283 g/mol. The van der Waals surface area contributed by atoms with Crippen LogP contribution in [0.1, 0.15) is 34.8 Å². The fourth-order valence-corrected chi connectivity index (χ4v) is 2.59. The zero-order chi connectivity index (χ0) is 13.3. The van der Waals surface area contributed by atoms with Gasteiger partial charge in [-0.1, -0.05) is 24.6 Å². The van der Waals surface area contributed by atoms with Gasteiger partial charge in [0.25, 0.3) is 5.91 Å². The first-order valence-electron chi connectivity index (χ1n) is 6.52. The second kappa shape index (κ2) is 5.93. The van der Waals surface area contributed by atoms with E-state index in [4.69, 9.17) is 5.73 Å². The molecule has 0 bridgehead atoms. The molecule has 1 aliphatic heterocycles. The van der Waals surface area contributed by atoms with Crippen molar-refractivity contribution in [1.29, 1.82) is 0 Å². The molecule has 1 unspecified atom stereocenters. The van der Waals surface area contributed by atoms with E-state index >= 15 is 0 Å². The lowest BCUT2D eigenvalue weighted by molar-refractivity contribution is 0.0776. The molecule has 1 atom stereocenters. The van der Waals surface area contributed by atoms with Gasteiger partial charge < -0.3 is 10.6 Å². The molecule has 1 saturated heterocycles. The lowest BCUT2D eigenvalue weighted by Crippen LogP contribution is -2.34. The number of amides is 1.